The van der Waals surface area contributed by atoms with Crippen LogP contribution in [0.5, 0.6) is 5.75 Å². The first-order valence-corrected chi connectivity index (χ1v) is 10.0. The summed E-state index contributed by atoms with van der Waals surface area (Å²) in [5.41, 5.74) is 4.71. The third kappa shape index (κ3) is 4.85. The second kappa shape index (κ2) is 10.5. The third-order valence-electron chi connectivity index (χ3n) is 5.06. The van der Waals surface area contributed by atoms with Gasteiger partial charge in [0.2, 0.25) is 0 Å². The van der Waals surface area contributed by atoms with Crippen LogP contribution in [-0.4, -0.2) is 37.5 Å². The zero-order valence-corrected chi connectivity index (χ0v) is 17.1. The number of benzene rings is 2. The summed E-state index contributed by atoms with van der Waals surface area (Å²) >= 11 is 0. The first-order chi connectivity index (χ1) is 14.7. The van der Waals surface area contributed by atoms with Gasteiger partial charge in [0.05, 0.1) is 25.3 Å². The van der Waals surface area contributed by atoms with E-state index in [9.17, 15) is 5.26 Å². The van der Waals surface area contributed by atoms with Crippen molar-refractivity contribution in [1.82, 2.24) is 5.32 Å². The molecule has 2 aromatic rings. The monoisotopic (exact) mass is 406 g/mol. The van der Waals surface area contributed by atoms with Crippen LogP contribution < -0.4 is 10.1 Å². The minimum absolute atomic E-state index is 0.123. The van der Waals surface area contributed by atoms with Crippen LogP contribution in [-0.2, 0) is 17.8 Å². The molecule has 30 heavy (non-hydrogen) atoms. The van der Waals surface area contributed by atoms with Crippen molar-refractivity contribution in [2.24, 2.45) is 10.1 Å². The Morgan fingerprint density at radius 3 is 2.97 bits per heavy atom. The number of rotatable bonds is 9. The molecule has 0 saturated heterocycles. The van der Waals surface area contributed by atoms with Gasteiger partial charge in [-0.3, -0.25) is 0 Å². The molecule has 2 N–H and O–H groups in total. The molecule has 0 aromatic heterocycles. The minimum atomic E-state index is 0.123. The average molecular weight is 406 g/mol. The number of ether oxygens (including phenoxy) is 1. The summed E-state index contributed by atoms with van der Waals surface area (Å²) in [6, 6.07) is 13.8. The van der Waals surface area contributed by atoms with Crippen molar-refractivity contribution in [3.8, 4) is 11.8 Å². The van der Waals surface area contributed by atoms with E-state index in [1.807, 2.05) is 13.0 Å². The SMILES string of the molecule is C=NOC(=NCc1cccc2c1CCC2NCCO)c1ccc(OCC)c(C#N)c1. The van der Waals surface area contributed by atoms with Crippen molar-refractivity contribution in [2.75, 3.05) is 19.8 Å². The van der Waals surface area contributed by atoms with E-state index < -0.39 is 0 Å². The van der Waals surface area contributed by atoms with Crippen LogP contribution in [0.1, 0.15) is 47.2 Å². The van der Waals surface area contributed by atoms with Gasteiger partial charge in [0, 0.05) is 24.9 Å². The number of nitrogens with one attached hydrogen (secondary N) is 1. The molecule has 3 rings (SSSR count). The maximum atomic E-state index is 9.41. The van der Waals surface area contributed by atoms with Crippen LogP contribution in [0.4, 0.5) is 0 Å². The Labute approximate surface area is 176 Å². The van der Waals surface area contributed by atoms with Gasteiger partial charge in [-0.1, -0.05) is 23.4 Å². The molecule has 0 fully saturated rings. The van der Waals surface area contributed by atoms with Gasteiger partial charge in [0.15, 0.2) is 0 Å². The zero-order valence-electron chi connectivity index (χ0n) is 17.1. The molecule has 1 aliphatic carbocycles. The number of nitriles is 1. The number of aliphatic hydroxyl groups excluding tert-OH is 1. The third-order valence-corrected chi connectivity index (χ3v) is 5.06. The molecular weight excluding hydrogens is 380 g/mol. The van der Waals surface area contributed by atoms with Crippen LogP contribution >= 0.6 is 0 Å². The van der Waals surface area contributed by atoms with Gasteiger partial charge in [0.25, 0.3) is 5.90 Å². The van der Waals surface area contributed by atoms with E-state index in [1.54, 1.807) is 18.2 Å². The molecule has 0 bridgehead atoms. The summed E-state index contributed by atoms with van der Waals surface area (Å²) in [6.45, 7) is 6.87. The van der Waals surface area contributed by atoms with Crippen molar-refractivity contribution in [3.05, 3.63) is 64.2 Å². The summed E-state index contributed by atoms with van der Waals surface area (Å²) in [5, 5.41) is 25.4. The number of oxime groups is 1. The molecule has 7 nitrogen and oxygen atoms in total. The van der Waals surface area contributed by atoms with Crippen molar-refractivity contribution in [3.63, 3.8) is 0 Å². The first kappa shape index (κ1) is 21.5. The molecule has 0 aliphatic heterocycles. The molecule has 2 aromatic carbocycles. The topological polar surface area (TPSA) is 99.2 Å². The Morgan fingerprint density at radius 2 is 2.23 bits per heavy atom. The molecule has 0 saturated carbocycles. The largest absolute Gasteiger partial charge is 0.492 e. The summed E-state index contributed by atoms with van der Waals surface area (Å²) in [6.07, 6.45) is 1.96. The number of fused-ring (bicyclic) bond motifs is 1. The van der Waals surface area contributed by atoms with Crippen molar-refractivity contribution >= 4 is 12.6 Å². The molecule has 0 radical (unpaired) electrons. The Morgan fingerprint density at radius 1 is 1.37 bits per heavy atom. The van der Waals surface area contributed by atoms with Gasteiger partial charge >= 0.3 is 0 Å². The Hall–Kier alpha value is -3.21. The van der Waals surface area contributed by atoms with Gasteiger partial charge in [0.1, 0.15) is 11.8 Å². The van der Waals surface area contributed by atoms with E-state index in [0.29, 0.717) is 42.5 Å². The Balaban J connectivity index is 1.86. The standard InChI is InChI=1S/C23H26N4O3/c1-3-29-22-10-7-16(13-18(22)14-24)23(30-25-2)27-15-17-5-4-6-20-19(17)8-9-21(20)26-11-12-28/h4-7,10,13,21,26,28H,2-3,8-9,11-12,15H2,1H3. The van der Waals surface area contributed by atoms with Crippen molar-refractivity contribution in [1.29, 1.82) is 5.26 Å². The fourth-order valence-electron chi connectivity index (χ4n) is 3.75. The van der Waals surface area contributed by atoms with Gasteiger partial charge in [-0.25, -0.2) is 4.99 Å². The number of hydrogen-bond acceptors (Lipinski definition) is 7. The van der Waals surface area contributed by atoms with E-state index >= 15 is 0 Å². The molecule has 7 heteroatoms. The minimum Gasteiger partial charge on any atom is -0.492 e. The second-order valence-corrected chi connectivity index (χ2v) is 6.85. The normalized spacial score (nSPS) is 15.4. The summed E-state index contributed by atoms with van der Waals surface area (Å²) in [7, 11) is 0. The predicted octanol–water partition coefficient (Wildman–Crippen LogP) is 3.11. The molecule has 0 heterocycles. The zero-order chi connectivity index (χ0) is 21.3. The highest BCUT2D eigenvalue weighted by atomic mass is 16.6. The number of aliphatic imine (C=N–C) groups is 1. The summed E-state index contributed by atoms with van der Waals surface area (Å²) in [5.74, 6) is 0.826. The fraction of sp³-hybridized carbons (Fsp3) is 0.348. The lowest BCUT2D eigenvalue weighted by Gasteiger charge is -2.14. The van der Waals surface area contributed by atoms with Crippen LogP contribution in [0.25, 0.3) is 0 Å². The smallest absolute Gasteiger partial charge is 0.251 e. The predicted molar refractivity (Wildman–Crippen MR) is 116 cm³/mol. The van der Waals surface area contributed by atoms with Crippen LogP contribution in [0.2, 0.25) is 0 Å². The highest BCUT2D eigenvalue weighted by Gasteiger charge is 2.23. The van der Waals surface area contributed by atoms with E-state index in [-0.39, 0.29) is 12.6 Å². The van der Waals surface area contributed by atoms with E-state index in [1.165, 1.54) is 11.1 Å². The Bertz CT molecular complexity index is 965. The summed E-state index contributed by atoms with van der Waals surface area (Å²) < 4.78 is 5.48. The lowest BCUT2D eigenvalue weighted by atomic mass is 10.0. The van der Waals surface area contributed by atoms with Crippen molar-refractivity contribution < 1.29 is 14.7 Å². The van der Waals surface area contributed by atoms with E-state index in [2.05, 4.69) is 40.4 Å². The van der Waals surface area contributed by atoms with Crippen LogP contribution in [0.3, 0.4) is 0 Å². The van der Waals surface area contributed by atoms with E-state index in [4.69, 9.17) is 14.7 Å². The summed E-state index contributed by atoms with van der Waals surface area (Å²) in [4.78, 5) is 9.94. The maximum absolute atomic E-state index is 9.41. The van der Waals surface area contributed by atoms with Gasteiger partial charge < -0.3 is 20.0 Å². The fourth-order valence-corrected chi connectivity index (χ4v) is 3.75. The van der Waals surface area contributed by atoms with E-state index in [0.717, 1.165) is 18.4 Å². The molecule has 1 aliphatic rings. The number of aliphatic hydroxyl groups is 1. The lowest BCUT2D eigenvalue weighted by molar-refractivity contribution is 0.284. The lowest BCUT2D eigenvalue weighted by Crippen LogP contribution is -2.22. The maximum Gasteiger partial charge on any atom is 0.251 e. The molecule has 156 valence electrons. The molecule has 1 atom stereocenters. The highest BCUT2D eigenvalue weighted by molar-refractivity contribution is 5.94. The van der Waals surface area contributed by atoms with Gasteiger partial charge in [-0.05, 0) is 54.7 Å². The van der Waals surface area contributed by atoms with Crippen LogP contribution in [0, 0.1) is 11.3 Å². The molecule has 1 unspecified atom stereocenters. The quantitative estimate of drug-likeness (QED) is 0.379. The van der Waals surface area contributed by atoms with Crippen molar-refractivity contribution in [2.45, 2.75) is 32.4 Å². The van der Waals surface area contributed by atoms with Gasteiger partial charge in [-0.2, -0.15) is 5.26 Å². The Kier molecular flexibility index (Phi) is 7.55. The average Bonchev–Trinajstić information content (AvgIpc) is 3.19. The molecule has 0 amide bonds. The molecule has 0 spiro atoms. The van der Waals surface area contributed by atoms with Crippen LogP contribution in [0.15, 0.2) is 46.5 Å². The number of nitrogens with zero attached hydrogens (tertiary/aromatic N) is 3. The van der Waals surface area contributed by atoms with Gasteiger partial charge in [-0.15, -0.1) is 0 Å². The number of hydrogen-bond donors (Lipinski definition) is 2. The molecular formula is C23H26N4O3. The highest BCUT2D eigenvalue weighted by Crippen LogP contribution is 2.33. The first-order valence-electron chi connectivity index (χ1n) is 10.0. The second-order valence-electron chi connectivity index (χ2n) is 6.85.